The zero-order chi connectivity index (χ0) is 16.1. The van der Waals surface area contributed by atoms with E-state index >= 15 is 0 Å². The number of rotatable bonds is 7. The normalized spacial score (nSPS) is 19.0. The van der Waals surface area contributed by atoms with Crippen LogP contribution < -0.4 is 0 Å². The maximum Gasteiger partial charge on any atom is 0.236 e. The molecule has 22 heavy (non-hydrogen) atoms. The van der Waals surface area contributed by atoms with Gasteiger partial charge in [-0.2, -0.15) is 5.10 Å². The predicted molar refractivity (Wildman–Crippen MR) is 87.6 cm³/mol. The maximum absolute atomic E-state index is 12.3. The Morgan fingerprint density at radius 1 is 1.45 bits per heavy atom. The summed E-state index contributed by atoms with van der Waals surface area (Å²) in [7, 11) is 6.07. The lowest BCUT2D eigenvalue weighted by Gasteiger charge is -2.22. The predicted octanol–water partition coefficient (Wildman–Crippen LogP) is 0.957. The Morgan fingerprint density at radius 3 is 2.86 bits per heavy atom. The van der Waals surface area contributed by atoms with Crippen LogP contribution in [0.25, 0.3) is 0 Å². The van der Waals surface area contributed by atoms with Crippen LogP contribution in [0.2, 0.25) is 0 Å². The van der Waals surface area contributed by atoms with Crippen LogP contribution >= 0.6 is 0 Å². The molecule has 2 heterocycles. The molecule has 0 saturated carbocycles. The van der Waals surface area contributed by atoms with E-state index in [0.29, 0.717) is 19.1 Å². The van der Waals surface area contributed by atoms with Crippen molar-refractivity contribution in [3.8, 4) is 0 Å². The molecule has 6 nitrogen and oxygen atoms in total. The average Bonchev–Trinajstić information content (AvgIpc) is 3.09. The van der Waals surface area contributed by atoms with Crippen LogP contribution in [0.3, 0.4) is 0 Å². The molecule has 1 N–H and O–H groups in total. The number of nitrogens with zero attached hydrogens (tertiary/aromatic N) is 4. The zero-order valence-electron chi connectivity index (χ0n) is 14.3. The number of aryl methyl sites for hydroxylation is 1. The molecule has 2 rings (SSSR count). The van der Waals surface area contributed by atoms with Crippen molar-refractivity contribution in [1.82, 2.24) is 24.9 Å². The lowest BCUT2D eigenvalue weighted by atomic mass is 10.2. The van der Waals surface area contributed by atoms with Gasteiger partial charge in [0.2, 0.25) is 5.91 Å². The van der Waals surface area contributed by atoms with Gasteiger partial charge < -0.3 is 9.80 Å². The number of likely N-dealkylation sites (tertiary alicyclic amines) is 1. The number of aromatic amines is 1. The second kappa shape index (κ2) is 7.74. The molecule has 1 atom stereocenters. The molecule has 1 fully saturated rings. The van der Waals surface area contributed by atoms with Crippen LogP contribution in [0.15, 0.2) is 6.07 Å². The van der Waals surface area contributed by atoms with Gasteiger partial charge in [0.1, 0.15) is 0 Å². The molecular formula is C16H29N5O. The third kappa shape index (κ3) is 4.55. The summed E-state index contributed by atoms with van der Waals surface area (Å²) in [6, 6.07) is 2.63. The van der Waals surface area contributed by atoms with E-state index in [-0.39, 0.29) is 5.91 Å². The number of likely N-dealkylation sites (N-methyl/N-ethyl adjacent to an activating group) is 2. The van der Waals surface area contributed by atoms with Gasteiger partial charge >= 0.3 is 0 Å². The summed E-state index contributed by atoms with van der Waals surface area (Å²) in [5.74, 6) is 0.172. The Balaban J connectivity index is 1.79. The summed E-state index contributed by atoms with van der Waals surface area (Å²) >= 11 is 0. The number of amides is 1. The van der Waals surface area contributed by atoms with E-state index in [2.05, 4.69) is 47.1 Å². The van der Waals surface area contributed by atoms with Gasteiger partial charge in [-0.25, -0.2) is 0 Å². The molecule has 1 aliphatic heterocycles. The number of hydrogen-bond acceptors (Lipinski definition) is 4. The van der Waals surface area contributed by atoms with Gasteiger partial charge in [0.05, 0.1) is 24.5 Å². The first kappa shape index (κ1) is 17.0. The van der Waals surface area contributed by atoms with Crippen molar-refractivity contribution in [3.05, 3.63) is 17.5 Å². The van der Waals surface area contributed by atoms with Gasteiger partial charge in [-0.1, -0.05) is 13.3 Å². The van der Waals surface area contributed by atoms with Crippen LogP contribution in [-0.4, -0.2) is 77.6 Å². The molecule has 1 amide bonds. The fraction of sp³-hybridized carbons (Fsp3) is 0.750. The van der Waals surface area contributed by atoms with Crippen LogP contribution in [0.4, 0.5) is 0 Å². The SMILES string of the molecule is CCCc1cc(CN(C)C(=O)CN2CC[C@@H](N(C)C)C2)[nH]n1. The number of aromatic nitrogens is 2. The summed E-state index contributed by atoms with van der Waals surface area (Å²) in [6.07, 6.45) is 3.21. The average molecular weight is 307 g/mol. The topological polar surface area (TPSA) is 55.5 Å². The van der Waals surface area contributed by atoms with Gasteiger partial charge in [0, 0.05) is 26.2 Å². The van der Waals surface area contributed by atoms with Crippen LogP contribution in [-0.2, 0) is 17.8 Å². The second-order valence-electron chi connectivity index (χ2n) is 6.53. The number of carbonyl (C=O) groups is 1. The van der Waals surface area contributed by atoms with Crippen molar-refractivity contribution >= 4 is 5.91 Å². The lowest BCUT2D eigenvalue weighted by molar-refractivity contribution is -0.131. The number of nitrogens with one attached hydrogen (secondary N) is 1. The summed E-state index contributed by atoms with van der Waals surface area (Å²) in [5, 5.41) is 7.30. The van der Waals surface area contributed by atoms with E-state index in [1.165, 1.54) is 0 Å². The van der Waals surface area contributed by atoms with Crippen molar-refractivity contribution in [1.29, 1.82) is 0 Å². The van der Waals surface area contributed by atoms with E-state index in [9.17, 15) is 4.79 Å². The molecule has 1 saturated heterocycles. The van der Waals surface area contributed by atoms with E-state index < -0.39 is 0 Å². The Hall–Kier alpha value is -1.40. The lowest BCUT2D eigenvalue weighted by Crippen LogP contribution is -2.38. The molecule has 1 aromatic heterocycles. The fourth-order valence-electron chi connectivity index (χ4n) is 2.91. The highest BCUT2D eigenvalue weighted by Gasteiger charge is 2.26. The van der Waals surface area contributed by atoms with Gasteiger partial charge in [-0.05, 0) is 33.0 Å². The van der Waals surface area contributed by atoms with E-state index in [0.717, 1.165) is 43.7 Å². The molecule has 0 unspecified atom stereocenters. The third-order valence-corrected chi connectivity index (χ3v) is 4.36. The van der Waals surface area contributed by atoms with Crippen LogP contribution in [0, 0.1) is 0 Å². The Bertz CT molecular complexity index is 485. The second-order valence-corrected chi connectivity index (χ2v) is 6.53. The number of H-pyrrole nitrogens is 1. The Labute approximate surface area is 133 Å². The highest BCUT2D eigenvalue weighted by molar-refractivity contribution is 5.78. The Morgan fingerprint density at radius 2 is 2.23 bits per heavy atom. The maximum atomic E-state index is 12.3. The molecule has 0 spiro atoms. The van der Waals surface area contributed by atoms with Crippen molar-refractivity contribution < 1.29 is 4.79 Å². The number of carbonyl (C=O) groups excluding carboxylic acids is 1. The first-order chi connectivity index (χ1) is 10.5. The van der Waals surface area contributed by atoms with Crippen LogP contribution in [0.1, 0.15) is 31.2 Å². The molecule has 0 aromatic carbocycles. The quantitative estimate of drug-likeness (QED) is 0.815. The summed E-state index contributed by atoms with van der Waals surface area (Å²) in [4.78, 5) is 18.6. The van der Waals surface area contributed by atoms with Gasteiger partial charge in [0.25, 0.3) is 0 Å². The van der Waals surface area contributed by atoms with Crippen molar-refractivity contribution in [3.63, 3.8) is 0 Å². The molecule has 1 aliphatic rings. The first-order valence-corrected chi connectivity index (χ1v) is 8.15. The highest BCUT2D eigenvalue weighted by atomic mass is 16.2. The molecule has 0 radical (unpaired) electrons. The minimum absolute atomic E-state index is 0.172. The Kier molecular flexibility index (Phi) is 5.97. The minimum Gasteiger partial charge on any atom is -0.339 e. The largest absolute Gasteiger partial charge is 0.339 e. The summed E-state index contributed by atoms with van der Waals surface area (Å²) < 4.78 is 0. The van der Waals surface area contributed by atoms with Crippen molar-refractivity contribution in [2.45, 2.75) is 38.8 Å². The molecule has 1 aromatic rings. The standard InChI is InChI=1S/C16H29N5O/c1-5-6-13-9-14(18-17-13)10-20(4)16(22)12-21-8-7-15(11-21)19(2)3/h9,15H,5-8,10-12H2,1-4H3,(H,17,18)/t15-/m1/s1. The monoisotopic (exact) mass is 307 g/mol. The smallest absolute Gasteiger partial charge is 0.236 e. The van der Waals surface area contributed by atoms with Gasteiger partial charge in [0.15, 0.2) is 0 Å². The van der Waals surface area contributed by atoms with E-state index in [1.807, 2.05) is 7.05 Å². The van der Waals surface area contributed by atoms with E-state index in [4.69, 9.17) is 0 Å². The molecule has 6 heteroatoms. The third-order valence-electron chi connectivity index (χ3n) is 4.36. The van der Waals surface area contributed by atoms with Crippen LogP contribution in [0.5, 0.6) is 0 Å². The highest BCUT2D eigenvalue weighted by Crippen LogP contribution is 2.13. The first-order valence-electron chi connectivity index (χ1n) is 8.15. The molecule has 0 bridgehead atoms. The molecular weight excluding hydrogens is 278 g/mol. The zero-order valence-corrected chi connectivity index (χ0v) is 14.3. The fourth-order valence-corrected chi connectivity index (χ4v) is 2.91. The molecule has 0 aliphatic carbocycles. The summed E-state index contributed by atoms with van der Waals surface area (Å²) in [5.41, 5.74) is 2.08. The minimum atomic E-state index is 0.172. The molecule has 124 valence electrons. The van der Waals surface area contributed by atoms with Gasteiger partial charge in [-0.3, -0.25) is 14.8 Å². The van der Waals surface area contributed by atoms with Crippen molar-refractivity contribution in [2.24, 2.45) is 0 Å². The van der Waals surface area contributed by atoms with Crippen molar-refractivity contribution in [2.75, 3.05) is 40.8 Å². The summed E-state index contributed by atoms with van der Waals surface area (Å²) in [6.45, 7) is 5.24. The van der Waals surface area contributed by atoms with Gasteiger partial charge in [-0.15, -0.1) is 0 Å². The van der Waals surface area contributed by atoms with E-state index in [1.54, 1.807) is 4.90 Å². The number of hydrogen-bond donors (Lipinski definition) is 1.